The van der Waals surface area contributed by atoms with Gasteiger partial charge in [0.2, 0.25) is 15.7 Å². The predicted octanol–water partition coefficient (Wildman–Crippen LogP) is 4.18. The number of ether oxygens (including phenoxy) is 1. The first-order valence-electron chi connectivity index (χ1n) is 10.1. The Hall–Kier alpha value is -3.44. The van der Waals surface area contributed by atoms with Gasteiger partial charge in [-0.25, -0.2) is 8.42 Å². The molecule has 0 aliphatic rings. The van der Waals surface area contributed by atoms with Crippen LogP contribution in [-0.4, -0.2) is 36.1 Å². The lowest BCUT2D eigenvalue weighted by atomic mass is 10.1. The molecule has 0 spiro atoms. The van der Waals surface area contributed by atoms with Crippen LogP contribution in [0.3, 0.4) is 0 Å². The third-order valence-electron chi connectivity index (χ3n) is 5.24. The smallest absolute Gasteiger partial charge is 0.312 e. The van der Waals surface area contributed by atoms with Crippen LogP contribution in [0.2, 0.25) is 5.02 Å². The van der Waals surface area contributed by atoms with Crippen LogP contribution in [0.4, 0.5) is 11.4 Å². The number of carbonyl (C=O) groups is 1. The largest absolute Gasteiger partial charge is 0.497 e. The van der Waals surface area contributed by atoms with Crippen molar-refractivity contribution in [3.05, 3.63) is 69.0 Å². The van der Waals surface area contributed by atoms with E-state index in [1.54, 1.807) is 13.8 Å². The van der Waals surface area contributed by atoms with E-state index < -0.39 is 26.6 Å². The van der Waals surface area contributed by atoms with Gasteiger partial charge in [-0.15, -0.1) is 0 Å². The van der Waals surface area contributed by atoms with E-state index in [1.165, 1.54) is 61.2 Å². The lowest BCUT2D eigenvalue weighted by Gasteiger charge is -2.15. The number of hydrogen-bond acceptors (Lipinski definition) is 7. The van der Waals surface area contributed by atoms with Crippen molar-refractivity contribution in [1.29, 1.82) is 0 Å². The Morgan fingerprint density at radius 1 is 1.21 bits per heavy atom. The van der Waals surface area contributed by atoms with E-state index in [0.717, 1.165) is 0 Å². The number of halogens is 1. The summed E-state index contributed by atoms with van der Waals surface area (Å²) in [5.41, 5.74) is 0.750. The van der Waals surface area contributed by atoms with E-state index in [4.69, 9.17) is 16.3 Å². The molecule has 34 heavy (non-hydrogen) atoms. The maximum atomic E-state index is 13.1. The number of sulfone groups is 1. The fourth-order valence-corrected chi connectivity index (χ4v) is 4.85. The summed E-state index contributed by atoms with van der Waals surface area (Å²) in [5.74, 6) is -0.800. The van der Waals surface area contributed by atoms with E-state index in [9.17, 15) is 23.3 Å². The van der Waals surface area contributed by atoms with Crippen LogP contribution in [0.1, 0.15) is 18.3 Å². The molecule has 1 atom stereocenters. The summed E-state index contributed by atoms with van der Waals surface area (Å²) in [6, 6.07) is 9.93. The monoisotopic (exact) mass is 506 g/mol. The Kier molecular flexibility index (Phi) is 7.27. The van der Waals surface area contributed by atoms with Crippen molar-refractivity contribution in [3.63, 3.8) is 0 Å². The molecule has 1 aromatic heterocycles. The number of aromatic nitrogens is 2. The first-order chi connectivity index (χ1) is 15.9. The minimum Gasteiger partial charge on any atom is -0.497 e. The second kappa shape index (κ2) is 9.82. The molecule has 1 amide bonds. The van der Waals surface area contributed by atoms with E-state index in [1.807, 2.05) is 0 Å². The number of carbonyl (C=O) groups excluding carboxylic acids is 1. The summed E-state index contributed by atoms with van der Waals surface area (Å²) in [4.78, 5) is 23.5. The molecule has 2 aromatic carbocycles. The van der Waals surface area contributed by atoms with Crippen molar-refractivity contribution in [3.8, 4) is 5.75 Å². The van der Waals surface area contributed by atoms with Crippen molar-refractivity contribution >= 4 is 38.7 Å². The van der Waals surface area contributed by atoms with Gasteiger partial charge in [-0.2, -0.15) is 5.10 Å². The number of anilines is 1. The fraction of sp³-hybridized carbons (Fsp3) is 0.273. The summed E-state index contributed by atoms with van der Waals surface area (Å²) in [5, 5.41) is 18.5. The minimum absolute atomic E-state index is 0.0434. The molecule has 3 rings (SSSR count). The highest BCUT2D eigenvalue weighted by Crippen LogP contribution is 2.29. The number of nitro groups is 1. The molecule has 0 radical (unpaired) electrons. The van der Waals surface area contributed by atoms with E-state index in [0.29, 0.717) is 10.7 Å². The Bertz CT molecular complexity index is 1350. The van der Waals surface area contributed by atoms with Gasteiger partial charge < -0.3 is 10.1 Å². The summed E-state index contributed by atoms with van der Waals surface area (Å²) in [7, 11) is -2.51. The number of hydrogen-bond donors (Lipinski definition) is 1. The molecule has 3 aromatic rings. The van der Waals surface area contributed by atoms with Crippen LogP contribution in [0.25, 0.3) is 0 Å². The zero-order valence-electron chi connectivity index (χ0n) is 18.9. The molecule has 0 saturated carbocycles. The molecule has 1 unspecified atom stereocenters. The average molecular weight is 507 g/mol. The van der Waals surface area contributed by atoms with Crippen LogP contribution < -0.4 is 10.1 Å². The van der Waals surface area contributed by atoms with Crippen molar-refractivity contribution in [2.24, 2.45) is 5.92 Å². The molecule has 180 valence electrons. The van der Waals surface area contributed by atoms with Gasteiger partial charge in [0.1, 0.15) is 17.1 Å². The van der Waals surface area contributed by atoms with E-state index in [-0.39, 0.29) is 39.2 Å². The molecule has 0 fully saturated rings. The van der Waals surface area contributed by atoms with Crippen molar-refractivity contribution in [1.82, 2.24) is 9.78 Å². The number of aryl methyl sites for hydroxylation is 1. The number of amides is 1. The highest BCUT2D eigenvalue weighted by atomic mass is 35.5. The van der Waals surface area contributed by atoms with Gasteiger partial charge in [0.15, 0.2) is 0 Å². The maximum absolute atomic E-state index is 13.1. The highest BCUT2D eigenvalue weighted by Gasteiger charge is 2.25. The third-order valence-corrected chi connectivity index (χ3v) is 7.24. The number of nitrogens with zero attached hydrogens (tertiary/aromatic N) is 3. The van der Waals surface area contributed by atoms with E-state index in [2.05, 4.69) is 10.4 Å². The summed E-state index contributed by atoms with van der Waals surface area (Å²) in [6.45, 7) is 4.85. The highest BCUT2D eigenvalue weighted by molar-refractivity contribution is 7.91. The van der Waals surface area contributed by atoms with Crippen molar-refractivity contribution in [2.75, 3.05) is 12.4 Å². The molecular formula is C22H23ClN4O6S. The second-order valence-corrected chi connectivity index (χ2v) is 10.1. The topological polar surface area (TPSA) is 133 Å². The Morgan fingerprint density at radius 2 is 1.85 bits per heavy atom. The van der Waals surface area contributed by atoms with Crippen LogP contribution >= 0.6 is 11.6 Å². The molecule has 1 heterocycles. The minimum atomic E-state index is -3.90. The molecule has 1 N–H and O–H groups in total. The van der Waals surface area contributed by atoms with Gasteiger partial charge in [0.25, 0.3) is 0 Å². The van der Waals surface area contributed by atoms with E-state index >= 15 is 0 Å². The third kappa shape index (κ3) is 5.20. The van der Waals surface area contributed by atoms with Crippen LogP contribution in [0, 0.1) is 29.9 Å². The summed E-state index contributed by atoms with van der Waals surface area (Å²) >= 11 is 5.86. The van der Waals surface area contributed by atoms with Crippen LogP contribution in [-0.2, 0) is 21.2 Å². The molecule has 0 saturated heterocycles. The van der Waals surface area contributed by atoms with Gasteiger partial charge >= 0.3 is 5.69 Å². The summed E-state index contributed by atoms with van der Waals surface area (Å²) in [6.07, 6.45) is 0. The predicted molar refractivity (Wildman–Crippen MR) is 126 cm³/mol. The fourth-order valence-electron chi connectivity index (χ4n) is 3.40. The van der Waals surface area contributed by atoms with Gasteiger partial charge in [-0.05, 0) is 50.2 Å². The number of benzene rings is 2. The van der Waals surface area contributed by atoms with Crippen LogP contribution in [0.5, 0.6) is 5.75 Å². The summed E-state index contributed by atoms with van der Waals surface area (Å²) < 4.78 is 32.8. The van der Waals surface area contributed by atoms with Gasteiger partial charge in [-0.1, -0.05) is 18.5 Å². The number of methoxy groups -OCH3 is 1. The molecule has 0 aliphatic heterocycles. The van der Waals surface area contributed by atoms with Gasteiger partial charge in [0, 0.05) is 16.8 Å². The first kappa shape index (κ1) is 25.2. The van der Waals surface area contributed by atoms with Crippen molar-refractivity contribution < 1.29 is 22.9 Å². The first-order valence-corrected chi connectivity index (χ1v) is 12.0. The molecule has 0 bridgehead atoms. The molecule has 12 heteroatoms. The zero-order valence-corrected chi connectivity index (χ0v) is 20.5. The van der Waals surface area contributed by atoms with Crippen LogP contribution in [0.15, 0.2) is 52.3 Å². The maximum Gasteiger partial charge on any atom is 0.312 e. The number of rotatable bonds is 8. The zero-order chi connectivity index (χ0) is 25.2. The molecule has 0 aliphatic carbocycles. The molecule has 10 nitrogen and oxygen atoms in total. The number of nitrogens with one attached hydrogen (secondary N) is 1. The lowest BCUT2D eigenvalue weighted by Crippen LogP contribution is -2.25. The Morgan fingerprint density at radius 3 is 2.41 bits per heavy atom. The SMILES string of the molecule is COc1cc(NC(=O)C(C)Cn2nc(C)c([N+](=O)[O-])c2C)cc(S(=O)(=O)c2ccc(Cl)cc2)c1. The normalized spacial score (nSPS) is 12.3. The standard InChI is InChI=1S/C22H23ClN4O6S/c1-13(12-26-15(3)21(27(29)30)14(2)25-26)22(28)24-17-9-18(33-4)11-20(10-17)34(31,32)19-7-5-16(23)6-8-19/h5-11,13H,12H2,1-4H3,(H,24,28). The lowest BCUT2D eigenvalue weighted by molar-refractivity contribution is -0.386. The van der Waals surface area contributed by atoms with Crippen molar-refractivity contribution in [2.45, 2.75) is 37.1 Å². The van der Waals surface area contributed by atoms with Gasteiger partial charge in [0.05, 0.1) is 34.3 Å². The molecular weight excluding hydrogens is 484 g/mol. The average Bonchev–Trinajstić information content (AvgIpc) is 3.06. The second-order valence-electron chi connectivity index (χ2n) is 7.70. The van der Waals surface area contributed by atoms with Gasteiger partial charge in [-0.3, -0.25) is 19.6 Å². The quantitative estimate of drug-likeness (QED) is 0.358. The Labute approximate surface area is 201 Å². The Balaban J connectivity index is 1.85.